The number of aliphatic imine (C=N–C) groups is 1. The molecule has 0 bridgehead atoms. The molecule has 26 heavy (non-hydrogen) atoms. The average molecular weight is 386 g/mol. The minimum atomic E-state index is -1.05. The Hall–Kier alpha value is -2.57. The van der Waals surface area contributed by atoms with Crippen LogP contribution in [-0.2, 0) is 16.0 Å². The van der Waals surface area contributed by atoms with Crippen LogP contribution in [0.3, 0.4) is 0 Å². The summed E-state index contributed by atoms with van der Waals surface area (Å²) in [5.41, 5.74) is 2.40. The summed E-state index contributed by atoms with van der Waals surface area (Å²) < 4.78 is 0. The number of anilines is 1. The van der Waals surface area contributed by atoms with Gasteiger partial charge in [-0.1, -0.05) is 30.7 Å². The number of hydrogen-bond donors (Lipinski definition) is 1. The van der Waals surface area contributed by atoms with Crippen LogP contribution < -0.4 is 10.2 Å². The highest BCUT2D eigenvalue weighted by Gasteiger charge is 2.38. The molecule has 1 heterocycles. The lowest BCUT2D eigenvalue weighted by Gasteiger charge is -2.30. The highest BCUT2D eigenvalue weighted by molar-refractivity contribution is 7.80. The monoisotopic (exact) mass is 385 g/mol. The second-order valence-electron chi connectivity index (χ2n) is 5.72. The first-order valence-corrected chi connectivity index (χ1v) is 8.85. The molecule has 3 rings (SSSR count). The number of carbonyl (C=O) groups excluding carboxylic acids is 2. The number of carbonyl (C=O) groups is 2. The Bertz CT molecular complexity index is 879. The van der Waals surface area contributed by atoms with E-state index in [9.17, 15) is 9.59 Å². The molecule has 1 atom stereocenters. The van der Waals surface area contributed by atoms with Gasteiger partial charge in [-0.3, -0.25) is 19.5 Å². The Morgan fingerprint density at radius 3 is 2.42 bits per heavy atom. The van der Waals surface area contributed by atoms with Gasteiger partial charge < -0.3 is 5.32 Å². The van der Waals surface area contributed by atoms with Crippen LogP contribution in [0.1, 0.15) is 12.5 Å². The number of thiocarbonyl (C=S) groups is 1. The van der Waals surface area contributed by atoms with Crippen molar-refractivity contribution in [3.63, 3.8) is 0 Å². The lowest BCUT2D eigenvalue weighted by molar-refractivity contribution is -0.130. The van der Waals surface area contributed by atoms with Crippen LogP contribution >= 0.6 is 23.8 Å². The second kappa shape index (κ2) is 7.76. The van der Waals surface area contributed by atoms with Crippen LogP contribution in [-0.4, -0.2) is 23.1 Å². The molecule has 1 fully saturated rings. The Morgan fingerprint density at radius 1 is 1.15 bits per heavy atom. The Labute approximate surface area is 161 Å². The van der Waals surface area contributed by atoms with Crippen molar-refractivity contribution in [2.45, 2.75) is 13.3 Å². The molecule has 0 aliphatic carbocycles. The molecule has 0 radical (unpaired) electrons. The van der Waals surface area contributed by atoms with E-state index in [1.807, 2.05) is 24.3 Å². The van der Waals surface area contributed by atoms with Gasteiger partial charge in [0.15, 0.2) is 11.0 Å². The lowest BCUT2D eigenvalue weighted by atomic mass is 10.1. The predicted octanol–water partition coefficient (Wildman–Crippen LogP) is 3.67. The van der Waals surface area contributed by atoms with Crippen molar-refractivity contribution in [1.29, 1.82) is 0 Å². The number of aryl methyl sites for hydroxylation is 1. The number of hydrogen-bond acceptors (Lipinski definition) is 4. The van der Waals surface area contributed by atoms with Crippen molar-refractivity contribution in [2.24, 2.45) is 10.9 Å². The zero-order chi connectivity index (χ0) is 18.7. The van der Waals surface area contributed by atoms with Crippen molar-refractivity contribution < 1.29 is 9.59 Å². The van der Waals surface area contributed by atoms with E-state index >= 15 is 0 Å². The fourth-order valence-corrected chi connectivity index (χ4v) is 2.96. The summed E-state index contributed by atoms with van der Waals surface area (Å²) in [4.78, 5) is 30.6. The molecule has 132 valence electrons. The van der Waals surface area contributed by atoms with Crippen molar-refractivity contribution in [3.8, 4) is 0 Å². The maximum atomic E-state index is 12.8. The van der Waals surface area contributed by atoms with E-state index in [1.165, 1.54) is 16.7 Å². The van der Waals surface area contributed by atoms with Crippen LogP contribution in [0.5, 0.6) is 0 Å². The minimum absolute atomic E-state index is 0.0410. The molecular weight excluding hydrogens is 370 g/mol. The molecule has 0 spiro atoms. The Balaban J connectivity index is 1.84. The molecule has 2 aromatic rings. The number of nitrogens with one attached hydrogen (secondary N) is 1. The van der Waals surface area contributed by atoms with Crippen molar-refractivity contribution >= 4 is 58.3 Å². The second-order valence-corrected chi connectivity index (χ2v) is 6.54. The standard InChI is InChI=1S/C19H16ClN3O2S/c1-2-12-3-7-14(8-4-12)21-11-16-17(24)22-19(26)23(18(16)25)15-9-5-13(20)6-10-15/h3-11,16H,2H2,1H3,(H,22,24,26)/t16-/m1/s1. The highest BCUT2D eigenvalue weighted by atomic mass is 35.5. The Kier molecular flexibility index (Phi) is 5.44. The number of benzene rings is 2. The molecular formula is C19H16ClN3O2S. The van der Waals surface area contributed by atoms with E-state index in [0.717, 1.165) is 6.42 Å². The largest absolute Gasteiger partial charge is 0.301 e. The van der Waals surface area contributed by atoms with Gasteiger partial charge in [0.05, 0.1) is 11.4 Å². The summed E-state index contributed by atoms with van der Waals surface area (Å²) in [6, 6.07) is 14.3. The van der Waals surface area contributed by atoms with E-state index < -0.39 is 17.7 Å². The van der Waals surface area contributed by atoms with Crippen molar-refractivity contribution in [3.05, 3.63) is 59.1 Å². The van der Waals surface area contributed by atoms with E-state index in [0.29, 0.717) is 16.4 Å². The summed E-state index contributed by atoms with van der Waals surface area (Å²) in [6.07, 6.45) is 2.28. The fourth-order valence-electron chi connectivity index (χ4n) is 2.53. The van der Waals surface area contributed by atoms with Gasteiger partial charge in [0.2, 0.25) is 5.91 Å². The number of nitrogens with zero attached hydrogens (tertiary/aromatic N) is 2. The summed E-state index contributed by atoms with van der Waals surface area (Å²) in [5, 5.41) is 3.14. The molecule has 0 saturated carbocycles. The first kappa shape index (κ1) is 18.2. The van der Waals surface area contributed by atoms with E-state index in [-0.39, 0.29) is 5.11 Å². The summed E-state index contributed by atoms with van der Waals surface area (Å²) >= 11 is 11.0. The van der Waals surface area contributed by atoms with Crippen LogP contribution in [0.2, 0.25) is 5.02 Å². The topological polar surface area (TPSA) is 61.8 Å². The van der Waals surface area contributed by atoms with Gasteiger partial charge in [-0.05, 0) is 60.6 Å². The quantitative estimate of drug-likeness (QED) is 0.496. The summed E-state index contributed by atoms with van der Waals surface area (Å²) in [7, 11) is 0. The molecule has 1 aliphatic rings. The molecule has 0 unspecified atom stereocenters. The Morgan fingerprint density at radius 2 is 1.81 bits per heavy atom. The average Bonchev–Trinajstić information content (AvgIpc) is 2.63. The number of halogens is 1. The molecule has 1 N–H and O–H groups in total. The van der Waals surface area contributed by atoms with Gasteiger partial charge in [-0.25, -0.2) is 0 Å². The van der Waals surface area contributed by atoms with Crippen LogP contribution in [0, 0.1) is 5.92 Å². The molecule has 0 aromatic heterocycles. The zero-order valence-corrected chi connectivity index (χ0v) is 15.6. The first-order chi connectivity index (χ1) is 12.5. The number of amides is 2. The van der Waals surface area contributed by atoms with Crippen LogP contribution in [0.25, 0.3) is 0 Å². The van der Waals surface area contributed by atoms with Gasteiger partial charge in [-0.2, -0.15) is 0 Å². The van der Waals surface area contributed by atoms with Gasteiger partial charge >= 0.3 is 0 Å². The SMILES string of the molecule is CCc1ccc(N=C[C@@H]2C(=O)NC(=S)N(c3ccc(Cl)cc3)C2=O)cc1. The molecule has 7 heteroatoms. The highest BCUT2D eigenvalue weighted by Crippen LogP contribution is 2.23. The van der Waals surface area contributed by atoms with Crippen LogP contribution in [0.4, 0.5) is 11.4 Å². The zero-order valence-electron chi connectivity index (χ0n) is 14.0. The third-order valence-electron chi connectivity index (χ3n) is 4.00. The van der Waals surface area contributed by atoms with Crippen LogP contribution in [0.15, 0.2) is 53.5 Å². The van der Waals surface area contributed by atoms with Gasteiger partial charge in [0.25, 0.3) is 5.91 Å². The third-order valence-corrected chi connectivity index (χ3v) is 4.54. The molecule has 1 saturated heterocycles. The normalized spacial score (nSPS) is 17.7. The molecule has 2 aromatic carbocycles. The minimum Gasteiger partial charge on any atom is -0.301 e. The maximum absolute atomic E-state index is 12.8. The maximum Gasteiger partial charge on any atom is 0.251 e. The van der Waals surface area contributed by atoms with Crippen molar-refractivity contribution in [1.82, 2.24) is 5.32 Å². The van der Waals surface area contributed by atoms with Gasteiger partial charge in [0.1, 0.15) is 0 Å². The summed E-state index contributed by atoms with van der Waals surface area (Å²) in [6.45, 7) is 2.07. The van der Waals surface area contributed by atoms with Gasteiger partial charge in [0, 0.05) is 11.2 Å². The van der Waals surface area contributed by atoms with E-state index in [1.54, 1.807) is 24.3 Å². The predicted molar refractivity (Wildman–Crippen MR) is 107 cm³/mol. The first-order valence-electron chi connectivity index (χ1n) is 8.07. The number of rotatable bonds is 4. The van der Waals surface area contributed by atoms with E-state index in [4.69, 9.17) is 23.8 Å². The summed E-state index contributed by atoms with van der Waals surface area (Å²) in [5.74, 6) is -1.99. The molecule has 2 amide bonds. The fraction of sp³-hybridized carbons (Fsp3) is 0.158. The van der Waals surface area contributed by atoms with Gasteiger partial charge in [-0.15, -0.1) is 0 Å². The molecule has 1 aliphatic heterocycles. The lowest BCUT2D eigenvalue weighted by Crippen LogP contribution is -2.58. The molecule has 5 nitrogen and oxygen atoms in total. The third kappa shape index (κ3) is 3.81. The smallest absolute Gasteiger partial charge is 0.251 e. The van der Waals surface area contributed by atoms with E-state index in [2.05, 4.69) is 17.2 Å². The van der Waals surface area contributed by atoms with Crippen molar-refractivity contribution in [2.75, 3.05) is 4.90 Å².